The predicted octanol–water partition coefficient (Wildman–Crippen LogP) is 5.75. The van der Waals surface area contributed by atoms with E-state index in [1.165, 1.54) is 12.1 Å². The lowest BCUT2D eigenvalue weighted by Gasteiger charge is -2.15. The Kier molecular flexibility index (Phi) is 5.90. The minimum absolute atomic E-state index is 0.0754. The van der Waals surface area contributed by atoms with E-state index >= 15 is 0 Å². The van der Waals surface area contributed by atoms with Crippen LogP contribution in [0, 0.1) is 10.1 Å². The molecule has 0 radical (unpaired) electrons. The molecule has 3 aromatic carbocycles. The van der Waals surface area contributed by atoms with Crippen molar-refractivity contribution in [2.75, 3.05) is 0 Å². The number of non-ortho nitro benzene ring substituents is 1. The van der Waals surface area contributed by atoms with Gasteiger partial charge in [0, 0.05) is 23.3 Å². The SMILES string of the molecule is C=CC[C@H](N=C(c1ccccc1)c1ccccc1)c1ccc([N+](=O)[O-])cc1. The molecule has 0 saturated carbocycles. The summed E-state index contributed by atoms with van der Waals surface area (Å²) in [5, 5.41) is 10.9. The van der Waals surface area contributed by atoms with Gasteiger partial charge in [-0.15, -0.1) is 6.58 Å². The Morgan fingerprint density at radius 1 is 0.926 bits per heavy atom. The molecule has 0 aliphatic heterocycles. The van der Waals surface area contributed by atoms with Crippen LogP contribution < -0.4 is 0 Å². The molecule has 0 aliphatic rings. The monoisotopic (exact) mass is 356 g/mol. The molecule has 1 atom stereocenters. The van der Waals surface area contributed by atoms with E-state index in [0.29, 0.717) is 6.42 Å². The van der Waals surface area contributed by atoms with E-state index < -0.39 is 4.92 Å². The molecule has 0 saturated heterocycles. The zero-order valence-electron chi connectivity index (χ0n) is 14.9. The van der Waals surface area contributed by atoms with Gasteiger partial charge < -0.3 is 0 Å². The van der Waals surface area contributed by atoms with Crippen LogP contribution in [0.2, 0.25) is 0 Å². The number of nitrogens with zero attached hydrogens (tertiary/aromatic N) is 2. The normalized spacial score (nSPS) is 11.4. The summed E-state index contributed by atoms with van der Waals surface area (Å²) in [5.41, 5.74) is 3.94. The third-order valence-electron chi connectivity index (χ3n) is 4.26. The van der Waals surface area contributed by atoms with Crippen LogP contribution in [-0.4, -0.2) is 10.6 Å². The number of benzene rings is 3. The van der Waals surface area contributed by atoms with E-state index in [-0.39, 0.29) is 11.7 Å². The second-order valence-electron chi connectivity index (χ2n) is 6.10. The smallest absolute Gasteiger partial charge is 0.269 e. The third kappa shape index (κ3) is 4.55. The molecule has 0 bridgehead atoms. The first-order chi connectivity index (χ1) is 13.2. The maximum Gasteiger partial charge on any atom is 0.269 e. The van der Waals surface area contributed by atoms with Gasteiger partial charge in [0.2, 0.25) is 0 Å². The molecular weight excluding hydrogens is 336 g/mol. The highest BCUT2D eigenvalue weighted by Crippen LogP contribution is 2.26. The van der Waals surface area contributed by atoms with Crippen LogP contribution in [0.1, 0.15) is 29.2 Å². The summed E-state index contributed by atoms with van der Waals surface area (Å²) >= 11 is 0. The molecular formula is C23H20N2O2. The van der Waals surface area contributed by atoms with E-state index in [9.17, 15) is 10.1 Å². The fraction of sp³-hybridized carbons (Fsp3) is 0.0870. The summed E-state index contributed by atoms with van der Waals surface area (Å²) in [4.78, 5) is 15.6. The average Bonchev–Trinajstić information content (AvgIpc) is 2.72. The van der Waals surface area contributed by atoms with Crippen LogP contribution in [0.25, 0.3) is 0 Å². The van der Waals surface area contributed by atoms with Gasteiger partial charge in [-0.2, -0.15) is 0 Å². The Bertz CT molecular complexity index is 892. The maximum absolute atomic E-state index is 10.9. The molecule has 0 spiro atoms. The number of rotatable bonds is 7. The average molecular weight is 356 g/mol. The Morgan fingerprint density at radius 2 is 1.44 bits per heavy atom. The van der Waals surface area contributed by atoms with Gasteiger partial charge in [0.15, 0.2) is 0 Å². The van der Waals surface area contributed by atoms with E-state index in [1.54, 1.807) is 12.1 Å². The van der Waals surface area contributed by atoms with E-state index in [1.807, 2.05) is 66.7 Å². The summed E-state index contributed by atoms with van der Waals surface area (Å²) < 4.78 is 0. The number of aliphatic imine (C=N–C) groups is 1. The van der Waals surface area contributed by atoms with Gasteiger partial charge >= 0.3 is 0 Å². The molecule has 134 valence electrons. The van der Waals surface area contributed by atoms with Crippen molar-refractivity contribution < 1.29 is 4.92 Å². The first-order valence-corrected chi connectivity index (χ1v) is 8.73. The van der Waals surface area contributed by atoms with Crippen LogP contribution in [0.5, 0.6) is 0 Å². The number of nitro groups is 1. The Labute approximate surface area is 158 Å². The topological polar surface area (TPSA) is 55.5 Å². The van der Waals surface area contributed by atoms with E-state index in [2.05, 4.69) is 6.58 Å². The molecule has 3 rings (SSSR count). The van der Waals surface area contributed by atoms with Crippen molar-refractivity contribution in [3.8, 4) is 0 Å². The molecule has 0 amide bonds. The molecule has 0 unspecified atom stereocenters. The van der Waals surface area contributed by atoms with Crippen LogP contribution >= 0.6 is 0 Å². The third-order valence-corrected chi connectivity index (χ3v) is 4.26. The van der Waals surface area contributed by atoms with E-state index in [0.717, 1.165) is 22.4 Å². The van der Waals surface area contributed by atoms with Crippen LogP contribution in [0.4, 0.5) is 5.69 Å². The highest BCUT2D eigenvalue weighted by Gasteiger charge is 2.14. The van der Waals surface area contributed by atoms with Crippen molar-refractivity contribution in [2.24, 2.45) is 4.99 Å². The molecule has 0 aromatic heterocycles. The Hall–Kier alpha value is -3.53. The fourth-order valence-corrected chi connectivity index (χ4v) is 2.90. The highest BCUT2D eigenvalue weighted by molar-refractivity contribution is 6.13. The zero-order chi connectivity index (χ0) is 19.1. The predicted molar refractivity (Wildman–Crippen MR) is 109 cm³/mol. The standard InChI is InChI=1S/C23H20N2O2/c1-2-9-22(18-14-16-21(17-15-18)25(26)27)24-23(19-10-5-3-6-11-19)20-12-7-4-8-13-20/h2-8,10-17,22H,1,9H2/t22-/m0/s1. The summed E-state index contributed by atoms with van der Waals surface area (Å²) in [5.74, 6) is 0. The van der Waals surface area contributed by atoms with Gasteiger partial charge in [-0.3, -0.25) is 15.1 Å². The molecule has 27 heavy (non-hydrogen) atoms. The largest absolute Gasteiger partial charge is 0.276 e. The number of hydrogen-bond acceptors (Lipinski definition) is 3. The molecule has 4 nitrogen and oxygen atoms in total. The molecule has 4 heteroatoms. The Balaban J connectivity index is 2.06. The lowest BCUT2D eigenvalue weighted by molar-refractivity contribution is -0.384. The van der Waals surface area contributed by atoms with Crippen LogP contribution in [0.3, 0.4) is 0 Å². The summed E-state index contributed by atoms with van der Waals surface area (Å²) in [6, 6.07) is 26.4. The second-order valence-corrected chi connectivity index (χ2v) is 6.10. The van der Waals surface area contributed by atoms with Crippen molar-refractivity contribution in [1.29, 1.82) is 0 Å². The second kappa shape index (κ2) is 8.72. The van der Waals surface area contributed by atoms with Gasteiger partial charge in [-0.25, -0.2) is 0 Å². The summed E-state index contributed by atoms with van der Waals surface area (Å²) in [7, 11) is 0. The minimum Gasteiger partial charge on any atom is -0.276 e. The lowest BCUT2D eigenvalue weighted by atomic mass is 9.99. The van der Waals surface area contributed by atoms with Gasteiger partial charge in [0.1, 0.15) is 0 Å². The highest BCUT2D eigenvalue weighted by atomic mass is 16.6. The lowest BCUT2D eigenvalue weighted by Crippen LogP contribution is -2.07. The van der Waals surface area contributed by atoms with Crippen LogP contribution in [0.15, 0.2) is 103 Å². The van der Waals surface area contributed by atoms with Gasteiger partial charge in [-0.1, -0.05) is 78.9 Å². The quantitative estimate of drug-likeness (QED) is 0.234. The molecule has 0 N–H and O–H groups in total. The van der Waals surface area contributed by atoms with Crippen molar-refractivity contribution >= 4 is 11.4 Å². The van der Waals surface area contributed by atoms with E-state index in [4.69, 9.17) is 4.99 Å². The molecule has 0 aliphatic carbocycles. The number of nitro benzene ring substituents is 1. The molecule has 3 aromatic rings. The van der Waals surface area contributed by atoms with Gasteiger partial charge in [-0.05, 0) is 12.0 Å². The fourth-order valence-electron chi connectivity index (χ4n) is 2.90. The molecule has 0 heterocycles. The van der Waals surface area contributed by atoms with Crippen molar-refractivity contribution in [2.45, 2.75) is 12.5 Å². The molecule has 0 fully saturated rings. The van der Waals surface area contributed by atoms with Crippen molar-refractivity contribution in [1.82, 2.24) is 0 Å². The Morgan fingerprint density at radius 3 is 1.89 bits per heavy atom. The summed E-state index contributed by atoms with van der Waals surface area (Å²) in [6.45, 7) is 3.85. The number of hydrogen-bond donors (Lipinski definition) is 0. The zero-order valence-corrected chi connectivity index (χ0v) is 14.9. The van der Waals surface area contributed by atoms with Crippen LogP contribution in [-0.2, 0) is 0 Å². The van der Waals surface area contributed by atoms with Crippen molar-refractivity contribution in [3.05, 3.63) is 124 Å². The first-order valence-electron chi connectivity index (χ1n) is 8.73. The van der Waals surface area contributed by atoms with Gasteiger partial charge in [0.05, 0.1) is 16.7 Å². The van der Waals surface area contributed by atoms with Gasteiger partial charge in [0.25, 0.3) is 5.69 Å². The summed E-state index contributed by atoms with van der Waals surface area (Å²) in [6.07, 6.45) is 2.46. The maximum atomic E-state index is 10.9. The minimum atomic E-state index is -0.394. The first kappa shape index (κ1) is 18.3. The van der Waals surface area contributed by atoms with Crippen molar-refractivity contribution in [3.63, 3.8) is 0 Å².